The normalized spacial score (nSPS) is 19.6. The third-order valence-electron chi connectivity index (χ3n) is 5.50. The molecule has 7 heteroatoms. The molecule has 0 aromatic heterocycles. The third kappa shape index (κ3) is 4.31. The Bertz CT molecular complexity index is 711. The molecule has 0 radical (unpaired) electrons. The second-order valence-corrected chi connectivity index (χ2v) is 8.23. The molecule has 3 rings (SSSR count). The van der Waals surface area contributed by atoms with Gasteiger partial charge in [-0.2, -0.15) is 0 Å². The maximum absolute atomic E-state index is 12.7. The molecule has 148 valence electrons. The molecule has 2 aliphatic rings. The number of benzene rings is 1. The van der Waals surface area contributed by atoms with Crippen molar-refractivity contribution in [1.82, 2.24) is 10.2 Å². The van der Waals surface area contributed by atoms with Gasteiger partial charge in [0, 0.05) is 25.3 Å². The van der Waals surface area contributed by atoms with Crippen LogP contribution in [0.15, 0.2) is 24.3 Å². The van der Waals surface area contributed by atoms with Crippen molar-refractivity contribution in [2.75, 3.05) is 37.7 Å². The number of anilines is 1. The quantitative estimate of drug-likeness (QED) is 0.688. The lowest BCUT2D eigenvalue weighted by atomic mass is 9.89. The molecule has 0 spiro atoms. The van der Waals surface area contributed by atoms with Crippen LogP contribution in [0, 0.1) is 0 Å². The summed E-state index contributed by atoms with van der Waals surface area (Å²) in [5.41, 5.74) is -0.0429. The second kappa shape index (κ2) is 7.58. The van der Waals surface area contributed by atoms with Crippen LogP contribution in [0.5, 0.6) is 0 Å². The number of aliphatic hydroxyl groups is 2. The average Bonchev–Trinajstić information content (AvgIpc) is 3.07. The highest BCUT2D eigenvalue weighted by Gasteiger charge is 2.41. The number of fused-ring (bicyclic) bond motifs is 1. The lowest BCUT2D eigenvalue weighted by Gasteiger charge is -2.39. The Kier molecular flexibility index (Phi) is 5.55. The van der Waals surface area contributed by atoms with Crippen LogP contribution in [-0.4, -0.2) is 70.9 Å². The first kappa shape index (κ1) is 19.8. The molecule has 0 unspecified atom stereocenters. The van der Waals surface area contributed by atoms with E-state index in [0.29, 0.717) is 19.6 Å². The molecule has 7 nitrogen and oxygen atoms in total. The second-order valence-electron chi connectivity index (χ2n) is 8.23. The predicted octanol–water partition coefficient (Wildman–Crippen LogP) is 0.290. The van der Waals surface area contributed by atoms with E-state index in [2.05, 4.69) is 11.4 Å². The van der Waals surface area contributed by atoms with Crippen LogP contribution in [0.4, 0.5) is 5.69 Å². The summed E-state index contributed by atoms with van der Waals surface area (Å²) in [5.74, 6) is -0.405. The van der Waals surface area contributed by atoms with Gasteiger partial charge in [-0.05, 0) is 44.7 Å². The topological polar surface area (TPSA) is 93.1 Å². The van der Waals surface area contributed by atoms with E-state index in [1.807, 2.05) is 28.0 Å². The largest absolute Gasteiger partial charge is 0.394 e. The highest BCUT2D eigenvalue weighted by molar-refractivity contribution is 5.96. The number of piperidine rings is 1. The zero-order valence-electron chi connectivity index (χ0n) is 16.1. The Hall–Kier alpha value is -1.96. The molecule has 0 aliphatic carbocycles. The maximum atomic E-state index is 12.7. The van der Waals surface area contributed by atoms with Gasteiger partial charge < -0.3 is 20.4 Å². The van der Waals surface area contributed by atoms with E-state index in [4.69, 9.17) is 0 Å². The Balaban J connectivity index is 1.54. The number of nitrogens with zero attached hydrogens (tertiary/aromatic N) is 2. The van der Waals surface area contributed by atoms with Crippen molar-refractivity contribution in [3.05, 3.63) is 29.8 Å². The van der Waals surface area contributed by atoms with Crippen molar-refractivity contribution >= 4 is 17.5 Å². The molecular formula is C20H29N3O4. The summed E-state index contributed by atoms with van der Waals surface area (Å²) >= 11 is 0. The van der Waals surface area contributed by atoms with Crippen LogP contribution in [0.2, 0.25) is 0 Å². The predicted molar refractivity (Wildman–Crippen MR) is 102 cm³/mol. The summed E-state index contributed by atoms with van der Waals surface area (Å²) in [6.45, 7) is 5.15. The first-order valence-corrected chi connectivity index (χ1v) is 9.51. The highest BCUT2D eigenvalue weighted by Crippen LogP contribution is 2.28. The van der Waals surface area contributed by atoms with E-state index in [0.717, 1.165) is 12.1 Å². The Morgan fingerprint density at radius 2 is 1.85 bits per heavy atom. The van der Waals surface area contributed by atoms with E-state index in [-0.39, 0.29) is 31.9 Å². The van der Waals surface area contributed by atoms with Crippen LogP contribution < -0.4 is 10.2 Å². The molecule has 1 aromatic carbocycles. The number of nitrogens with one attached hydrogen (secondary N) is 1. The Morgan fingerprint density at radius 3 is 2.52 bits per heavy atom. The number of amides is 2. The van der Waals surface area contributed by atoms with Crippen LogP contribution in [0.1, 0.15) is 32.3 Å². The number of para-hydroxylation sites is 1. The maximum Gasteiger partial charge on any atom is 0.252 e. The molecule has 2 amide bonds. The van der Waals surface area contributed by atoms with Crippen LogP contribution in [0.25, 0.3) is 0 Å². The van der Waals surface area contributed by atoms with Gasteiger partial charge in [0.2, 0.25) is 5.91 Å². The summed E-state index contributed by atoms with van der Waals surface area (Å²) in [4.78, 5) is 28.9. The SMILES string of the molecule is CC(C)(CO)NC(=O)C1(O)CCN(CC(=O)N2CCc3ccccc32)CC1. The van der Waals surface area contributed by atoms with Crippen molar-refractivity contribution in [1.29, 1.82) is 0 Å². The summed E-state index contributed by atoms with van der Waals surface area (Å²) in [5, 5.41) is 22.7. The number of likely N-dealkylation sites (tertiary alicyclic amines) is 1. The van der Waals surface area contributed by atoms with Gasteiger partial charge in [-0.15, -0.1) is 0 Å². The van der Waals surface area contributed by atoms with Crippen LogP contribution in [-0.2, 0) is 16.0 Å². The molecule has 2 heterocycles. The fourth-order valence-corrected chi connectivity index (χ4v) is 3.65. The van der Waals surface area contributed by atoms with Crippen molar-refractivity contribution in [3.8, 4) is 0 Å². The smallest absolute Gasteiger partial charge is 0.252 e. The molecule has 1 fully saturated rings. The van der Waals surface area contributed by atoms with Gasteiger partial charge in [-0.3, -0.25) is 14.5 Å². The average molecular weight is 375 g/mol. The van der Waals surface area contributed by atoms with Crippen molar-refractivity contribution in [2.45, 2.75) is 44.2 Å². The van der Waals surface area contributed by atoms with Crippen molar-refractivity contribution < 1.29 is 19.8 Å². The zero-order valence-corrected chi connectivity index (χ0v) is 16.1. The number of hydrogen-bond donors (Lipinski definition) is 3. The van der Waals surface area contributed by atoms with Crippen molar-refractivity contribution in [3.63, 3.8) is 0 Å². The molecule has 2 aliphatic heterocycles. The van der Waals surface area contributed by atoms with Gasteiger partial charge in [0.25, 0.3) is 5.91 Å². The van der Waals surface area contributed by atoms with Gasteiger partial charge in [0.15, 0.2) is 0 Å². The fraction of sp³-hybridized carbons (Fsp3) is 0.600. The number of carbonyl (C=O) groups is 2. The first-order valence-electron chi connectivity index (χ1n) is 9.51. The van der Waals surface area contributed by atoms with E-state index < -0.39 is 17.0 Å². The minimum Gasteiger partial charge on any atom is -0.394 e. The highest BCUT2D eigenvalue weighted by atomic mass is 16.3. The Morgan fingerprint density at radius 1 is 1.19 bits per heavy atom. The summed E-state index contributed by atoms with van der Waals surface area (Å²) < 4.78 is 0. The monoisotopic (exact) mass is 375 g/mol. The fourth-order valence-electron chi connectivity index (χ4n) is 3.65. The lowest BCUT2D eigenvalue weighted by molar-refractivity contribution is -0.147. The minimum absolute atomic E-state index is 0.0521. The molecule has 0 bridgehead atoms. The zero-order chi connectivity index (χ0) is 19.7. The number of aliphatic hydroxyl groups excluding tert-OH is 1. The van der Waals surface area contributed by atoms with Gasteiger partial charge in [-0.25, -0.2) is 0 Å². The molecule has 1 aromatic rings. The number of rotatable bonds is 5. The summed E-state index contributed by atoms with van der Waals surface area (Å²) in [6.07, 6.45) is 1.41. The minimum atomic E-state index is -1.45. The van der Waals surface area contributed by atoms with Crippen LogP contribution >= 0.6 is 0 Å². The summed E-state index contributed by atoms with van der Waals surface area (Å²) in [7, 11) is 0. The van der Waals surface area contributed by atoms with Gasteiger partial charge in [-0.1, -0.05) is 18.2 Å². The molecule has 1 saturated heterocycles. The molecule has 3 N–H and O–H groups in total. The molecular weight excluding hydrogens is 346 g/mol. The van der Waals surface area contributed by atoms with E-state index in [1.54, 1.807) is 13.8 Å². The number of carbonyl (C=O) groups excluding carboxylic acids is 2. The Labute approximate surface area is 160 Å². The molecule has 0 atom stereocenters. The van der Waals surface area contributed by atoms with Gasteiger partial charge >= 0.3 is 0 Å². The molecule has 0 saturated carbocycles. The number of hydrogen-bond acceptors (Lipinski definition) is 5. The first-order chi connectivity index (χ1) is 12.7. The standard InChI is InChI=1S/C20H29N3O4/c1-19(2,14-24)21-18(26)20(27)8-11-22(12-9-20)13-17(25)23-10-7-15-5-3-4-6-16(15)23/h3-6,24,27H,7-14H2,1-2H3,(H,21,26). The summed E-state index contributed by atoms with van der Waals surface area (Å²) in [6, 6.07) is 7.96. The lowest BCUT2D eigenvalue weighted by Crippen LogP contribution is -2.59. The third-order valence-corrected chi connectivity index (χ3v) is 5.50. The van der Waals surface area contributed by atoms with Gasteiger partial charge in [0.05, 0.1) is 18.7 Å². The van der Waals surface area contributed by atoms with Gasteiger partial charge in [0.1, 0.15) is 5.60 Å². The van der Waals surface area contributed by atoms with E-state index in [1.165, 1.54) is 5.56 Å². The van der Waals surface area contributed by atoms with E-state index in [9.17, 15) is 19.8 Å². The van der Waals surface area contributed by atoms with Crippen LogP contribution in [0.3, 0.4) is 0 Å². The van der Waals surface area contributed by atoms with Crippen molar-refractivity contribution in [2.24, 2.45) is 0 Å². The van der Waals surface area contributed by atoms with E-state index >= 15 is 0 Å². The molecule has 27 heavy (non-hydrogen) atoms.